The summed E-state index contributed by atoms with van der Waals surface area (Å²) in [5.74, 6) is -1.48. The van der Waals surface area contributed by atoms with E-state index in [9.17, 15) is 9.18 Å². The van der Waals surface area contributed by atoms with E-state index in [2.05, 4.69) is 5.32 Å². The maximum Gasteiger partial charge on any atom is 0.337 e. The lowest BCUT2D eigenvalue weighted by atomic mass is 10.1. The third kappa shape index (κ3) is 2.57. The number of aromatic carboxylic acids is 1. The van der Waals surface area contributed by atoms with Crippen molar-refractivity contribution >= 4 is 23.0 Å². The van der Waals surface area contributed by atoms with Crippen LogP contribution in [0, 0.1) is 5.82 Å². The smallest absolute Gasteiger partial charge is 0.337 e. The minimum Gasteiger partial charge on any atom is -0.478 e. The van der Waals surface area contributed by atoms with Crippen LogP contribution in [-0.2, 0) is 0 Å². The molecule has 0 aliphatic rings. The van der Waals surface area contributed by atoms with Crippen molar-refractivity contribution in [2.75, 3.05) is 11.1 Å². The Kier molecular flexibility index (Phi) is 3.14. The molecule has 2 aromatic carbocycles. The molecular formula is C13H11FN2O2. The average Bonchev–Trinajstić information content (AvgIpc) is 2.28. The SMILES string of the molecule is Nc1ccc(C(=O)O)c(Nc2cccc(F)c2)c1. The van der Waals surface area contributed by atoms with Crippen LogP contribution in [-0.4, -0.2) is 11.1 Å². The van der Waals surface area contributed by atoms with Crippen LogP contribution in [0.15, 0.2) is 42.5 Å². The first-order chi connectivity index (χ1) is 8.56. The van der Waals surface area contributed by atoms with Gasteiger partial charge in [-0.15, -0.1) is 0 Å². The summed E-state index contributed by atoms with van der Waals surface area (Å²) in [6.07, 6.45) is 0. The van der Waals surface area contributed by atoms with Crippen LogP contribution >= 0.6 is 0 Å². The number of nitrogen functional groups attached to an aromatic ring is 1. The zero-order valence-electron chi connectivity index (χ0n) is 9.35. The van der Waals surface area contributed by atoms with E-state index in [1.54, 1.807) is 6.07 Å². The summed E-state index contributed by atoms with van der Waals surface area (Å²) in [7, 11) is 0. The molecule has 0 atom stereocenters. The number of hydrogen-bond donors (Lipinski definition) is 3. The fourth-order valence-electron chi connectivity index (χ4n) is 1.57. The second-order valence-electron chi connectivity index (χ2n) is 3.75. The predicted molar refractivity (Wildman–Crippen MR) is 67.5 cm³/mol. The Morgan fingerprint density at radius 2 is 2.00 bits per heavy atom. The second-order valence-corrected chi connectivity index (χ2v) is 3.75. The Labute approximate surface area is 103 Å². The predicted octanol–water partition coefficient (Wildman–Crippen LogP) is 2.85. The van der Waals surface area contributed by atoms with Gasteiger partial charge in [-0.1, -0.05) is 6.07 Å². The van der Waals surface area contributed by atoms with Gasteiger partial charge in [0.25, 0.3) is 0 Å². The van der Waals surface area contributed by atoms with Crippen molar-refractivity contribution in [2.24, 2.45) is 0 Å². The van der Waals surface area contributed by atoms with Crippen LogP contribution in [0.3, 0.4) is 0 Å². The standard InChI is InChI=1S/C13H11FN2O2/c14-8-2-1-3-10(6-8)16-12-7-9(15)4-5-11(12)13(17)18/h1-7,16H,15H2,(H,17,18). The maximum atomic E-state index is 13.0. The molecule has 0 amide bonds. The lowest BCUT2D eigenvalue weighted by Crippen LogP contribution is -2.03. The van der Waals surface area contributed by atoms with E-state index in [0.29, 0.717) is 17.1 Å². The number of rotatable bonds is 3. The quantitative estimate of drug-likeness (QED) is 0.728. The first-order valence-corrected chi connectivity index (χ1v) is 5.21. The third-order valence-electron chi connectivity index (χ3n) is 2.38. The molecule has 0 aliphatic carbocycles. The van der Waals surface area contributed by atoms with Crippen LogP contribution < -0.4 is 11.1 Å². The van der Waals surface area contributed by atoms with Gasteiger partial charge in [0.2, 0.25) is 0 Å². The number of anilines is 3. The van der Waals surface area contributed by atoms with Crippen molar-refractivity contribution in [3.63, 3.8) is 0 Å². The van der Waals surface area contributed by atoms with Gasteiger partial charge in [-0.25, -0.2) is 9.18 Å². The molecule has 2 aromatic rings. The van der Waals surface area contributed by atoms with Crippen LogP contribution in [0.25, 0.3) is 0 Å². The molecule has 0 fully saturated rings. The van der Waals surface area contributed by atoms with Gasteiger partial charge in [-0.3, -0.25) is 0 Å². The summed E-state index contributed by atoms with van der Waals surface area (Å²) in [5, 5.41) is 11.9. The number of nitrogens with two attached hydrogens (primary N) is 1. The topological polar surface area (TPSA) is 75.4 Å². The highest BCUT2D eigenvalue weighted by atomic mass is 19.1. The normalized spacial score (nSPS) is 10.1. The molecule has 0 aliphatic heterocycles. The highest BCUT2D eigenvalue weighted by Crippen LogP contribution is 2.24. The van der Waals surface area contributed by atoms with E-state index < -0.39 is 11.8 Å². The molecule has 0 unspecified atom stereocenters. The number of halogens is 1. The molecule has 18 heavy (non-hydrogen) atoms. The van der Waals surface area contributed by atoms with Gasteiger partial charge >= 0.3 is 5.97 Å². The van der Waals surface area contributed by atoms with Gasteiger partial charge in [-0.05, 0) is 36.4 Å². The van der Waals surface area contributed by atoms with Crippen LogP contribution in [0.5, 0.6) is 0 Å². The number of benzene rings is 2. The number of carboxylic acids is 1. The number of carbonyl (C=O) groups is 1. The average molecular weight is 246 g/mol. The summed E-state index contributed by atoms with van der Waals surface area (Å²) < 4.78 is 13.0. The Morgan fingerprint density at radius 1 is 1.22 bits per heavy atom. The number of nitrogens with one attached hydrogen (secondary N) is 1. The molecule has 0 saturated carbocycles. The van der Waals surface area contributed by atoms with E-state index in [0.717, 1.165) is 0 Å². The van der Waals surface area contributed by atoms with E-state index in [4.69, 9.17) is 10.8 Å². The summed E-state index contributed by atoms with van der Waals surface area (Å²) in [6, 6.07) is 10.1. The molecule has 4 nitrogen and oxygen atoms in total. The summed E-state index contributed by atoms with van der Waals surface area (Å²) >= 11 is 0. The van der Waals surface area contributed by atoms with Crippen molar-refractivity contribution in [1.29, 1.82) is 0 Å². The summed E-state index contributed by atoms with van der Waals surface area (Å²) in [6.45, 7) is 0. The molecule has 0 radical (unpaired) electrons. The zero-order valence-corrected chi connectivity index (χ0v) is 9.35. The summed E-state index contributed by atoms with van der Waals surface area (Å²) in [5.41, 5.74) is 6.90. The van der Waals surface area contributed by atoms with Gasteiger partial charge in [0.15, 0.2) is 0 Å². The minimum absolute atomic E-state index is 0.0773. The fourth-order valence-corrected chi connectivity index (χ4v) is 1.57. The number of carboxylic acid groups (broad SMARTS) is 1. The molecule has 0 heterocycles. The molecule has 0 aromatic heterocycles. The lowest BCUT2D eigenvalue weighted by Gasteiger charge is -2.10. The van der Waals surface area contributed by atoms with Crippen LogP contribution in [0.1, 0.15) is 10.4 Å². The Hall–Kier alpha value is -2.56. The van der Waals surface area contributed by atoms with E-state index in [1.807, 2.05) is 0 Å². The Bertz CT molecular complexity index is 599. The highest BCUT2D eigenvalue weighted by molar-refractivity contribution is 5.96. The van der Waals surface area contributed by atoms with Crippen LogP contribution in [0.2, 0.25) is 0 Å². The minimum atomic E-state index is -1.08. The van der Waals surface area contributed by atoms with E-state index in [1.165, 1.54) is 36.4 Å². The largest absolute Gasteiger partial charge is 0.478 e. The lowest BCUT2D eigenvalue weighted by molar-refractivity contribution is 0.0698. The van der Waals surface area contributed by atoms with Gasteiger partial charge in [0, 0.05) is 11.4 Å². The second kappa shape index (κ2) is 4.75. The molecule has 0 bridgehead atoms. The van der Waals surface area contributed by atoms with Crippen molar-refractivity contribution in [3.05, 3.63) is 53.8 Å². The maximum absolute atomic E-state index is 13.0. The molecule has 2 rings (SSSR count). The third-order valence-corrected chi connectivity index (χ3v) is 2.38. The van der Waals surface area contributed by atoms with E-state index >= 15 is 0 Å². The molecule has 4 N–H and O–H groups in total. The number of hydrogen-bond acceptors (Lipinski definition) is 3. The van der Waals surface area contributed by atoms with Gasteiger partial charge in [0.1, 0.15) is 5.82 Å². The first kappa shape index (κ1) is 11.9. The van der Waals surface area contributed by atoms with Gasteiger partial charge < -0.3 is 16.2 Å². The summed E-state index contributed by atoms with van der Waals surface area (Å²) in [4.78, 5) is 11.0. The molecule has 0 saturated heterocycles. The highest BCUT2D eigenvalue weighted by Gasteiger charge is 2.10. The Morgan fingerprint density at radius 3 is 2.67 bits per heavy atom. The van der Waals surface area contributed by atoms with Gasteiger partial charge in [0.05, 0.1) is 11.3 Å². The fraction of sp³-hybridized carbons (Fsp3) is 0. The zero-order chi connectivity index (χ0) is 13.1. The first-order valence-electron chi connectivity index (χ1n) is 5.21. The Balaban J connectivity index is 2.39. The molecule has 5 heteroatoms. The van der Waals surface area contributed by atoms with E-state index in [-0.39, 0.29) is 5.56 Å². The molecular weight excluding hydrogens is 235 g/mol. The van der Waals surface area contributed by atoms with Gasteiger partial charge in [-0.2, -0.15) is 0 Å². The molecule has 0 spiro atoms. The monoisotopic (exact) mass is 246 g/mol. The van der Waals surface area contributed by atoms with Crippen molar-refractivity contribution in [1.82, 2.24) is 0 Å². The van der Waals surface area contributed by atoms with Crippen LogP contribution in [0.4, 0.5) is 21.5 Å². The van der Waals surface area contributed by atoms with Crippen molar-refractivity contribution in [3.8, 4) is 0 Å². The molecule has 92 valence electrons. The van der Waals surface area contributed by atoms with Crippen molar-refractivity contribution < 1.29 is 14.3 Å². The van der Waals surface area contributed by atoms with Crippen molar-refractivity contribution in [2.45, 2.75) is 0 Å².